The highest BCUT2D eigenvalue weighted by atomic mass is 16.5. The molecule has 28 heavy (non-hydrogen) atoms. The van der Waals surface area contributed by atoms with Gasteiger partial charge in [0.1, 0.15) is 5.75 Å². The summed E-state index contributed by atoms with van der Waals surface area (Å²) in [5.74, 6) is -1.06. The van der Waals surface area contributed by atoms with Gasteiger partial charge in [-0.05, 0) is 48.4 Å². The van der Waals surface area contributed by atoms with Crippen LogP contribution in [-0.4, -0.2) is 39.2 Å². The first-order chi connectivity index (χ1) is 13.4. The average Bonchev–Trinajstić information content (AvgIpc) is 2.72. The van der Waals surface area contributed by atoms with Crippen molar-refractivity contribution in [3.8, 4) is 5.75 Å². The van der Waals surface area contributed by atoms with Crippen LogP contribution in [0.1, 0.15) is 36.6 Å². The third-order valence-electron chi connectivity index (χ3n) is 4.00. The van der Waals surface area contributed by atoms with Gasteiger partial charge in [-0.3, -0.25) is 4.79 Å². The number of ether oxygens (including phenoxy) is 3. The van der Waals surface area contributed by atoms with Crippen LogP contribution in [0.4, 0.5) is 5.69 Å². The molecule has 0 radical (unpaired) electrons. The van der Waals surface area contributed by atoms with Crippen LogP contribution >= 0.6 is 0 Å². The monoisotopic (exact) mass is 383 g/mol. The predicted molar refractivity (Wildman–Crippen MR) is 104 cm³/mol. The summed E-state index contributed by atoms with van der Waals surface area (Å²) in [6.45, 7) is 3.70. The third-order valence-corrected chi connectivity index (χ3v) is 4.00. The quantitative estimate of drug-likeness (QED) is 0.583. The zero-order valence-corrected chi connectivity index (χ0v) is 15.9. The molecular formula is C21H21NO6. The van der Waals surface area contributed by atoms with Gasteiger partial charge in [0.05, 0.1) is 38.1 Å². The molecule has 146 valence electrons. The van der Waals surface area contributed by atoms with Crippen LogP contribution in [-0.2, 0) is 15.9 Å². The van der Waals surface area contributed by atoms with Crippen LogP contribution in [0.3, 0.4) is 0 Å². The molecule has 0 spiro atoms. The fourth-order valence-electron chi connectivity index (χ4n) is 2.61. The van der Waals surface area contributed by atoms with Crippen molar-refractivity contribution in [2.45, 2.75) is 6.42 Å². The van der Waals surface area contributed by atoms with Gasteiger partial charge >= 0.3 is 11.9 Å². The van der Waals surface area contributed by atoms with Crippen LogP contribution in [0, 0.1) is 0 Å². The van der Waals surface area contributed by atoms with E-state index in [0.717, 1.165) is 5.56 Å². The first-order valence-corrected chi connectivity index (χ1v) is 8.35. The molecule has 0 aliphatic heterocycles. The summed E-state index contributed by atoms with van der Waals surface area (Å²) in [5, 5.41) is 2.65. The predicted octanol–water partition coefficient (Wildman–Crippen LogP) is 3.25. The van der Waals surface area contributed by atoms with Crippen LogP contribution in [0.15, 0.2) is 49.1 Å². The van der Waals surface area contributed by atoms with Crippen molar-refractivity contribution in [3.63, 3.8) is 0 Å². The molecule has 1 N–H and O–H groups in total. The van der Waals surface area contributed by atoms with E-state index in [4.69, 9.17) is 9.47 Å². The Morgan fingerprint density at radius 1 is 0.964 bits per heavy atom. The number of methoxy groups -OCH3 is 3. The second kappa shape index (κ2) is 9.36. The summed E-state index contributed by atoms with van der Waals surface area (Å²) in [7, 11) is 4.02. The number of anilines is 1. The molecular weight excluding hydrogens is 362 g/mol. The Morgan fingerprint density at radius 2 is 1.64 bits per heavy atom. The maximum absolute atomic E-state index is 12.7. The van der Waals surface area contributed by atoms with Crippen molar-refractivity contribution < 1.29 is 28.6 Å². The maximum Gasteiger partial charge on any atom is 0.339 e. The van der Waals surface area contributed by atoms with E-state index in [-0.39, 0.29) is 16.8 Å². The number of amides is 1. The number of nitrogens with one attached hydrogen (secondary N) is 1. The highest BCUT2D eigenvalue weighted by molar-refractivity contribution is 6.09. The molecule has 0 unspecified atom stereocenters. The Labute approximate surface area is 162 Å². The van der Waals surface area contributed by atoms with Crippen LogP contribution in [0.5, 0.6) is 5.75 Å². The molecule has 7 heteroatoms. The lowest BCUT2D eigenvalue weighted by Crippen LogP contribution is -2.17. The molecule has 7 nitrogen and oxygen atoms in total. The summed E-state index contributed by atoms with van der Waals surface area (Å²) < 4.78 is 14.7. The lowest BCUT2D eigenvalue weighted by Gasteiger charge is -2.13. The van der Waals surface area contributed by atoms with E-state index in [9.17, 15) is 14.4 Å². The zero-order chi connectivity index (χ0) is 20.7. The Morgan fingerprint density at radius 3 is 2.25 bits per heavy atom. The van der Waals surface area contributed by atoms with Crippen molar-refractivity contribution in [1.82, 2.24) is 0 Å². The Hall–Kier alpha value is -3.61. The van der Waals surface area contributed by atoms with Gasteiger partial charge in [0.25, 0.3) is 5.91 Å². The first-order valence-electron chi connectivity index (χ1n) is 8.35. The van der Waals surface area contributed by atoms with Crippen molar-refractivity contribution in [1.29, 1.82) is 0 Å². The lowest BCUT2D eigenvalue weighted by atomic mass is 10.0. The minimum Gasteiger partial charge on any atom is -0.496 e. The molecule has 0 saturated heterocycles. The smallest absolute Gasteiger partial charge is 0.339 e. The van der Waals surface area contributed by atoms with E-state index in [1.165, 1.54) is 32.4 Å². The highest BCUT2D eigenvalue weighted by Crippen LogP contribution is 2.24. The van der Waals surface area contributed by atoms with Crippen LogP contribution < -0.4 is 10.1 Å². The van der Waals surface area contributed by atoms with E-state index >= 15 is 0 Å². The van der Waals surface area contributed by atoms with Crippen molar-refractivity contribution in [2.24, 2.45) is 0 Å². The Bertz CT molecular complexity index is 919. The van der Waals surface area contributed by atoms with Crippen molar-refractivity contribution >= 4 is 23.5 Å². The van der Waals surface area contributed by atoms with E-state index in [0.29, 0.717) is 17.7 Å². The number of hydrogen-bond acceptors (Lipinski definition) is 6. The SMILES string of the molecule is C=CCc1cc(C(=O)Nc2cc(C(=O)OC)ccc2C(=O)OC)ccc1OC. The van der Waals surface area contributed by atoms with Crippen molar-refractivity contribution in [2.75, 3.05) is 26.6 Å². The molecule has 0 aliphatic rings. The first kappa shape index (κ1) is 20.7. The summed E-state index contributed by atoms with van der Waals surface area (Å²) in [6.07, 6.45) is 2.23. The Balaban J connectivity index is 2.41. The molecule has 2 aromatic carbocycles. The van der Waals surface area contributed by atoms with Gasteiger partial charge in [0.15, 0.2) is 0 Å². The zero-order valence-electron chi connectivity index (χ0n) is 15.9. The molecule has 0 aliphatic carbocycles. The standard InChI is InChI=1S/C21H21NO6/c1-5-6-13-11-14(8-10-18(13)26-2)19(23)22-17-12-15(20(24)27-3)7-9-16(17)21(25)28-4/h5,7-12H,1,6H2,2-4H3,(H,22,23). The van der Waals surface area contributed by atoms with E-state index < -0.39 is 17.8 Å². The minimum atomic E-state index is -0.645. The van der Waals surface area contributed by atoms with Gasteiger partial charge in [-0.2, -0.15) is 0 Å². The van der Waals surface area contributed by atoms with Gasteiger partial charge < -0.3 is 19.5 Å². The summed E-state index contributed by atoms with van der Waals surface area (Å²) in [6, 6.07) is 9.14. The van der Waals surface area contributed by atoms with E-state index in [2.05, 4.69) is 16.6 Å². The summed E-state index contributed by atoms with van der Waals surface area (Å²) in [5.41, 5.74) is 1.59. The highest BCUT2D eigenvalue weighted by Gasteiger charge is 2.18. The lowest BCUT2D eigenvalue weighted by molar-refractivity contribution is 0.0587. The normalized spacial score (nSPS) is 9.96. The topological polar surface area (TPSA) is 90.9 Å². The molecule has 2 aromatic rings. The maximum atomic E-state index is 12.7. The number of carbonyl (C=O) groups excluding carboxylic acids is 3. The summed E-state index contributed by atoms with van der Waals surface area (Å²) >= 11 is 0. The van der Waals surface area contributed by atoms with Crippen LogP contribution in [0.2, 0.25) is 0 Å². The molecule has 0 heterocycles. The van der Waals surface area contributed by atoms with E-state index in [1.807, 2.05) is 0 Å². The van der Waals surface area contributed by atoms with Gasteiger partial charge in [-0.15, -0.1) is 6.58 Å². The van der Waals surface area contributed by atoms with Gasteiger partial charge in [0.2, 0.25) is 0 Å². The van der Waals surface area contributed by atoms with E-state index in [1.54, 1.807) is 31.4 Å². The molecule has 0 aromatic heterocycles. The van der Waals surface area contributed by atoms with Gasteiger partial charge in [-0.1, -0.05) is 6.08 Å². The average molecular weight is 383 g/mol. The fraction of sp³-hybridized carbons (Fsp3) is 0.190. The molecule has 0 fully saturated rings. The van der Waals surface area contributed by atoms with Crippen LogP contribution in [0.25, 0.3) is 0 Å². The van der Waals surface area contributed by atoms with Gasteiger partial charge in [-0.25, -0.2) is 9.59 Å². The number of rotatable bonds is 7. The molecule has 1 amide bonds. The molecule has 0 atom stereocenters. The second-order valence-electron chi connectivity index (χ2n) is 5.72. The second-order valence-corrected chi connectivity index (χ2v) is 5.72. The van der Waals surface area contributed by atoms with Gasteiger partial charge in [0, 0.05) is 5.56 Å². The minimum absolute atomic E-state index is 0.114. The number of hydrogen-bond donors (Lipinski definition) is 1. The molecule has 0 bridgehead atoms. The fourth-order valence-corrected chi connectivity index (χ4v) is 2.61. The summed E-state index contributed by atoms with van der Waals surface area (Å²) in [4.78, 5) is 36.5. The molecule has 2 rings (SSSR count). The number of allylic oxidation sites excluding steroid dienone is 1. The largest absolute Gasteiger partial charge is 0.496 e. The Kier molecular flexibility index (Phi) is 6.92. The van der Waals surface area contributed by atoms with Crippen molar-refractivity contribution in [3.05, 3.63) is 71.3 Å². The number of esters is 2. The molecule has 0 saturated carbocycles. The third kappa shape index (κ3) is 4.56. The number of carbonyl (C=O) groups is 3. The number of benzene rings is 2.